The van der Waals surface area contributed by atoms with Crippen molar-refractivity contribution in [1.29, 1.82) is 0 Å². The Morgan fingerprint density at radius 2 is 2.17 bits per heavy atom. The Kier molecular flexibility index (Phi) is 5.45. The molecule has 5 heteroatoms. The smallest absolute Gasteiger partial charge is 0.257 e. The Hall–Kier alpha value is -1.75. The standard InChI is InChI=1S/C13H20N2O3/c1-4-18-9-8-15(2)13(16)10-6-5-7-11(14)12(10)17-3/h5-7H,4,8-9,14H2,1-3H3. The van der Waals surface area contributed by atoms with Crippen molar-refractivity contribution >= 4 is 11.6 Å². The van der Waals surface area contributed by atoms with Gasteiger partial charge in [-0.3, -0.25) is 4.79 Å². The summed E-state index contributed by atoms with van der Waals surface area (Å²) in [5, 5.41) is 0. The largest absolute Gasteiger partial charge is 0.494 e. The molecule has 0 heterocycles. The maximum Gasteiger partial charge on any atom is 0.257 e. The molecule has 0 radical (unpaired) electrons. The van der Waals surface area contributed by atoms with Crippen molar-refractivity contribution < 1.29 is 14.3 Å². The van der Waals surface area contributed by atoms with E-state index < -0.39 is 0 Å². The number of ether oxygens (including phenoxy) is 2. The Bertz CT molecular complexity index is 407. The molecule has 0 aliphatic heterocycles. The van der Waals surface area contributed by atoms with Crippen LogP contribution in [0, 0.1) is 0 Å². The molecule has 0 spiro atoms. The summed E-state index contributed by atoms with van der Waals surface area (Å²) in [6.45, 7) is 3.61. The van der Waals surface area contributed by atoms with Gasteiger partial charge in [0.25, 0.3) is 5.91 Å². The summed E-state index contributed by atoms with van der Waals surface area (Å²) >= 11 is 0. The summed E-state index contributed by atoms with van der Waals surface area (Å²) in [5.41, 5.74) is 6.70. The average molecular weight is 252 g/mol. The predicted molar refractivity (Wildman–Crippen MR) is 70.9 cm³/mol. The van der Waals surface area contributed by atoms with E-state index in [-0.39, 0.29) is 5.91 Å². The van der Waals surface area contributed by atoms with E-state index in [0.29, 0.717) is 36.8 Å². The molecule has 1 rings (SSSR count). The normalized spacial score (nSPS) is 10.2. The summed E-state index contributed by atoms with van der Waals surface area (Å²) in [6.07, 6.45) is 0. The van der Waals surface area contributed by atoms with Gasteiger partial charge in [-0.25, -0.2) is 0 Å². The van der Waals surface area contributed by atoms with E-state index in [1.807, 2.05) is 6.92 Å². The molecule has 0 bridgehead atoms. The SMILES string of the molecule is CCOCCN(C)C(=O)c1cccc(N)c1OC. The van der Waals surface area contributed by atoms with Crippen molar-refractivity contribution in [3.05, 3.63) is 23.8 Å². The third kappa shape index (κ3) is 3.37. The van der Waals surface area contributed by atoms with Crippen LogP contribution in [0.3, 0.4) is 0 Å². The number of para-hydroxylation sites is 1. The van der Waals surface area contributed by atoms with Gasteiger partial charge in [0, 0.05) is 20.2 Å². The summed E-state index contributed by atoms with van der Waals surface area (Å²) in [5.74, 6) is 0.296. The van der Waals surface area contributed by atoms with Gasteiger partial charge in [-0.05, 0) is 19.1 Å². The number of hydrogen-bond donors (Lipinski definition) is 1. The van der Waals surface area contributed by atoms with Gasteiger partial charge >= 0.3 is 0 Å². The minimum absolute atomic E-state index is 0.126. The van der Waals surface area contributed by atoms with E-state index >= 15 is 0 Å². The Morgan fingerprint density at radius 3 is 2.78 bits per heavy atom. The molecule has 1 amide bonds. The second-order valence-corrected chi connectivity index (χ2v) is 3.85. The lowest BCUT2D eigenvalue weighted by Crippen LogP contribution is -2.30. The van der Waals surface area contributed by atoms with Crippen LogP contribution in [0.5, 0.6) is 5.75 Å². The first-order valence-electron chi connectivity index (χ1n) is 5.87. The first kappa shape index (κ1) is 14.3. The van der Waals surface area contributed by atoms with Crippen molar-refractivity contribution in [2.75, 3.05) is 39.6 Å². The van der Waals surface area contributed by atoms with E-state index in [1.165, 1.54) is 7.11 Å². The first-order valence-corrected chi connectivity index (χ1v) is 5.87. The maximum atomic E-state index is 12.2. The molecular formula is C13H20N2O3. The molecule has 1 aromatic carbocycles. The molecule has 18 heavy (non-hydrogen) atoms. The van der Waals surface area contributed by atoms with Gasteiger partial charge in [-0.1, -0.05) is 6.07 Å². The van der Waals surface area contributed by atoms with E-state index in [2.05, 4.69) is 0 Å². The highest BCUT2D eigenvalue weighted by atomic mass is 16.5. The van der Waals surface area contributed by atoms with Crippen molar-refractivity contribution in [3.8, 4) is 5.75 Å². The molecule has 1 aromatic rings. The first-order chi connectivity index (χ1) is 8.61. The van der Waals surface area contributed by atoms with Crippen LogP contribution >= 0.6 is 0 Å². The number of anilines is 1. The van der Waals surface area contributed by atoms with Gasteiger partial charge in [-0.2, -0.15) is 0 Å². The highest BCUT2D eigenvalue weighted by molar-refractivity contribution is 5.98. The molecular weight excluding hydrogens is 232 g/mol. The Labute approximate surface area is 107 Å². The van der Waals surface area contributed by atoms with Crippen LogP contribution in [0.25, 0.3) is 0 Å². The van der Waals surface area contributed by atoms with E-state index in [1.54, 1.807) is 30.1 Å². The number of carbonyl (C=O) groups is 1. The third-order valence-electron chi connectivity index (χ3n) is 2.60. The number of methoxy groups -OCH3 is 1. The van der Waals surface area contributed by atoms with Crippen molar-refractivity contribution in [2.45, 2.75) is 6.92 Å². The van der Waals surface area contributed by atoms with Gasteiger partial charge in [0.15, 0.2) is 5.75 Å². The second-order valence-electron chi connectivity index (χ2n) is 3.85. The molecule has 100 valence electrons. The van der Waals surface area contributed by atoms with Crippen LogP contribution in [-0.4, -0.2) is 44.7 Å². The highest BCUT2D eigenvalue weighted by Gasteiger charge is 2.17. The number of amides is 1. The fourth-order valence-electron chi connectivity index (χ4n) is 1.60. The molecule has 2 N–H and O–H groups in total. The average Bonchev–Trinajstić information content (AvgIpc) is 2.37. The van der Waals surface area contributed by atoms with Gasteiger partial charge < -0.3 is 20.1 Å². The topological polar surface area (TPSA) is 64.8 Å². The zero-order valence-corrected chi connectivity index (χ0v) is 11.1. The molecule has 0 aromatic heterocycles. The summed E-state index contributed by atoms with van der Waals surface area (Å²) in [6, 6.07) is 5.14. The lowest BCUT2D eigenvalue weighted by Gasteiger charge is -2.19. The maximum absolute atomic E-state index is 12.2. The predicted octanol–water partition coefficient (Wildman–Crippen LogP) is 1.39. The molecule has 0 saturated heterocycles. The lowest BCUT2D eigenvalue weighted by molar-refractivity contribution is 0.0707. The van der Waals surface area contributed by atoms with Crippen LogP contribution in [0.15, 0.2) is 18.2 Å². The minimum Gasteiger partial charge on any atom is -0.494 e. The van der Waals surface area contributed by atoms with Crippen molar-refractivity contribution in [1.82, 2.24) is 4.90 Å². The molecule has 0 unspecified atom stereocenters. The number of nitrogens with two attached hydrogens (primary N) is 1. The molecule has 0 fully saturated rings. The number of nitrogens with zero attached hydrogens (tertiary/aromatic N) is 1. The van der Waals surface area contributed by atoms with Gasteiger partial charge in [0.05, 0.1) is 25.0 Å². The number of rotatable bonds is 6. The van der Waals surface area contributed by atoms with E-state index in [4.69, 9.17) is 15.2 Å². The second kappa shape index (κ2) is 6.86. The summed E-state index contributed by atoms with van der Waals surface area (Å²) in [7, 11) is 3.23. The third-order valence-corrected chi connectivity index (χ3v) is 2.60. The van der Waals surface area contributed by atoms with Gasteiger partial charge in [-0.15, -0.1) is 0 Å². The monoisotopic (exact) mass is 252 g/mol. The Morgan fingerprint density at radius 1 is 1.44 bits per heavy atom. The molecule has 0 saturated carbocycles. The Balaban J connectivity index is 2.80. The van der Waals surface area contributed by atoms with Gasteiger partial charge in [0.2, 0.25) is 0 Å². The molecule has 0 aliphatic carbocycles. The van der Waals surface area contributed by atoms with Crippen LogP contribution in [-0.2, 0) is 4.74 Å². The number of benzene rings is 1. The lowest BCUT2D eigenvalue weighted by atomic mass is 10.1. The van der Waals surface area contributed by atoms with Crippen LogP contribution in [0.4, 0.5) is 5.69 Å². The molecule has 0 atom stereocenters. The van der Waals surface area contributed by atoms with Crippen LogP contribution in [0.1, 0.15) is 17.3 Å². The summed E-state index contributed by atoms with van der Waals surface area (Å²) < 4.78 is 10.4. The van der Waals surface area contributed by atoms with Crippen molar-refractivity contribution in [3.63, 3.8) is 0 Å². The highest BCUT2D eigenvalue weighted by Crippen LogP contribution is 2.26. The van der Waals surface area contributed by atoms with Crippen LogP contribution in [0.2, 0.25) is 0 Å². The number of hydrogen-bond acceptors (Lipinski definition) is 4. The van der Waals surface area contributed by atoms with E-state index in [0.717, 1.165) is 0 Å². The zero-order valence-electron chi connectivity index (χ0n) is 11.1. The number of nitrogen functional groups attached to an aromatic ring is 1. The quantitative estimate of drug-likeness (QED) is 0.613. The number of carbonyl (C=O) groups excluding carboxylic acids is 1. The number of likely N-dealkylation sites (N-methyl/N-ethyl adjacent to an activating group) is 1. The molecule has 0 aliphatic rings. The van der Waals surface area contributed by atoms with Gasteiger partial charge in [0.1, 0.15) is 0 Å². The zero-order chi connectivity index (χ0) is 13.5. The minimum atomic E-state index is -0.126. The van der Waals surface area contributed by atoms with Crippen molar-refractivity contribution in [2.24, 2.45) is 0 Å². The fraction of sp³-hybridized carbons (Fsp3) is 0.462. The van der Waals surface area contributed by atoms with E-state index in [9.17, 15) is 4.79 Å². The van der Waals surface area contributed by atoms with Crippen LogP contribution < -0.4 is 10.5 Å². The molecule has 5 nitrogen and oxygen atoms in total. The fourth-order valence-corrected chi connectivity index (χ4v) is 1.60. The summed E-state index contributed by atoms with van der Waals surface area (Å²) in [4.78, 5) is 13.8.